The number of carbonyl (C=O) groups is 1. The van der Waals surface area contributed by atoms with Crippen molar-refractivity contribution < 1.29 is 15.0 Å². The molecule has 0 radical (unpaired) electrons. The van der Waals surface area contributed by atoms with Crippen LogP contribution < -0.4 is 0 Å². The Morgan fingerprint density at radius 3 is 2.89 bits per heavy atom. The second kappa shape index (κ2) is 5.59. The summed E-state index contributed by atoms with van der Waals surface area (Å²) in [5.41, 5.74) is 0.236. The van der Waals surface area contributed by atoms with E-state index < -0.39 is 0 Å². The van der Waals surface area contributed by atoms with Gasteiger partial charge in [-0.3, -0.25) is 4.79 Å². The van der Waals surface area contributed by atoms with Crippen LogP contribution in [0.25, 0.3) is 0 Å². The van der Waals surface area contributed by atoms with E-state index in [1.54, 1.807) is 11.0 Å². The summed E-state index contributed by atoms with van der Waals surface area (Å²) in [6.45, 7) is 0.576. The third kappa shape index (κ3) is 2.60. The van der Waals surface area contributed by atoms with Crippen molar-refractivity contribution in [2.45, 2.75) is 25.3 Å². The molecule has 1 amide bonds. The fourth-order valence-electron chi connectivity index (χ4n) is 2.30. The first kappa shape index (κ1) is 13.2. The third-order valence-corrected chi connectivity index (χ3v) is 3.52. The molecule has 4 nitrogen and oxygen atoms in total. The van der Waals surface area contributed by atoms with Crippen LogP contribution in [0.4, 0.5) is 0 Å². The molecule has 1 aromatic carbocycles. The van der Waals surface area contributed by atoms with Gasteiger partial charge in [0.15, 0.2) is 0 Å². The highest BCUT2D eigenvalue weighted by molar-refractivity contribution is 6.30. The number of carbonyl (C=O) groups excluding carboxylic acids is 1. The van der Waals surface area contributed by atoms with Gasteiger partial charge in [-0.05, 0) is 37.5 Å². The van der Waals surface area contributed by atoms with Crippen molar-refractivity contribution in [3.63, 3.8) is 0 Å². The Bertz CT molecular complexity index is 450. The lowest BCUT2D eigenvalue weighted by atomic mass is 10.0. The van der Waals surface area contributed by atoms with Gasteiger partial charge in [0, 0.05) is 11.6 Å². The number of aliphatic hydroxyl groups excluding tert-OH is 1. The fraction of sp³-hybridized carbons (Fsp3) is 0.462. The first-order valence-electron chi connectivity index (χ1n) is 6.04. The molecule has 2 rings (SSSR count). The smallest absolute Gasteiger partial charge is 0.257 e. The number of phenols is 1. The van der Waals surface area contributed by atoms with Crippen LogP contribution in [-0.4, -0.2) is 40.2 Å². The number of aromatic hydroxyl groups is 1. The van der Waals surface area contributed by atoms with Gasteiger partial charge in [0.25, 0.3) is 5.91 Å². The number of nitrogens with zero attached hydrogens (tertiary/aromatic N) is 1. The highest BCUT2D eigenvalue weighted by Gasteiger charge is 2.28. The zero-order valence-electron chi connectivity index (χ0n) is 9.97. The van der Waals surface area contributed by atoms with E-state index in [1.807, 2.05) is 0 Å². The van der Waals surface area contributed by atoms with E-state index in [9.17, 15) is 15.0 Å². The van der Waals surface area contributed by atoms with Crippen LogP contribution in [-0.2, 0) is 0 Å². The highest BCUT2D eigenvalue weighted by Crippen LogP contribution is 2.26. The number of piperidine rings is 1. The van der Waals surface area contributed by atoms with Crippen LogP contribution in [0.2, 0.25) is 5.02 Å². The summed E-state index contributed by atoms with van der Waals surface area (Å²) in [6.07, 6.45) is 2.74. The second-order valence-corrected chi connectivity index (χ2v) is 4.93. The van der Waals surface area contributed by atoms with Crippen molar-refractivity contribution in [2.75, 3.05) is 13.2 Å². The maximum absolute atomic E-state index is 12.3. The Morgan fingerprint density at radius 1 is 1.44 bits per heavy atom. The average molecular weight is 270 g/mol. The minimum Gasteiger partial charge on any atom is -0.507 e. The SMILES string of the molecule is O=C(c1ccc(Cl)cc1O)N1CCCCC1CO. The summed E-state index contributed by atoms with van der Waals surface area (Å²) in [7, 11) is 0. The van der Waals surface area contributed by atoms with Crippen LogP contribution in [0, 0.1) is 0 Å². The molecule has 0 saturated carbocycles. The molecule has 1 aliphatic rings. The Labute approximate surface area is 111 Å². The van der Waals surface area contributed by atoms with Gasteiger partial charge in [0.1, 0.15) is 5.75 Å². The second-order valence-electron chi connectivity index (χ2n) is 4.49. The van der Waals surface area contributed by atoms with E-state index in [1.165, 1.54) is 12.1 Å². The van der Waals surface area contributed by atoms with Crippen LogP contribution in [0.3, 0.4) is 0 Å². The molecule has 1 fully saturated rings. The Balaban J connectivity index is 2.24. The lowest BCUT2D eigenvalue weighted by Crippen LogP contribution is -2.45. The molecule has 1 aromatic rings. The largest absolute Gasteiger partial charge is 0.507 e. The predicted molar refractivity (Wildman–Crippen MR) is 68.9 cm³/mol. The number of aliphatic hydroxyl groups is 1. The molecular formula is C13H16ClNO3. The Morgan fingerprint density at radius 2 is 2.22 bits per heavy atom. The summed E-state index contributed by atoms with van der Waals surface area (Å²) in [5.74, 6) is -0.363. The minimum absolute atomic E-state index is 0.0416. The molecular weight excluding hydrogens is 254 g/mol. The van der Waals surface area contributed by atoms with Gasteiger partial charge < -0.3 is 15.1 Å². The molecule has 5 heteroatoms. The van der Waals surface area contributed by atoms with E-state index in [0.717, 1.165) is 19.3 Å². The van der Waals surface area contributed by atoms with Crippen LogP contribution >= 0.6 is 11.6 Å². The summed E-state index contributed by atoms with van der Waals surface area (Å²) < 4.78 is 0. The van der Waals surface area contributed by atoms with Crippen LogP contribution in [0.5, 0.6) is 5.75 Å². The molecule has 2 N–H and O–H groups in total. The summed E-state index contributed by atoms with van der Waals surface area (Å²) >= 11 is 5.74. The summed E-state index contributed by atoms with van der Waals surface area (Å²) in [4.78, 5) is 13.9. The standard InChI is InChI=1S/C13H16ClNO3/c14-9-4-5-11(12(17)7-9)13(18)15-6-2-1-3-10(15)8-16/h4-5,7,10,16-17H,1-3,6,8H2. The van der Waals surface area contributed by atoms with Gasteiger partial charge in [-0.1, -0.05) is 11.6 Å². The highest BCUT2D eigenvalue weighted by atomic mass is 35.5. The van der Waals surface area contributed by atoms with Crippen molar-refractivity contribution in [1.29, 1.82) is 0 Å². The van der Waals surface area contributed by atoms with E-state index in [2.05, 4.69) is 0 Å². The topological polar surface area (TPSA) is 60.8 Å². The summed E-state index contributed by atoms with van der Waals surface area (Å²) in [6, 6.07) is 4.30. The first-order chi connectivity index (χ1) is 8.63. The van der Waals surface area contributed by atoms with Gasteiger partial charge >= 0.3 is 0 Å². The number of hydrogen-bond acceptors (Lipinski definition) is 3. The molecule has 1 heterocycles. The van der Waals surface area contributed by atoms with Crippen molar-refractivity contribution in [3.05, 3.63) is 28.8 Å². The minimum atomic E-state index is -0.247. The molecule has 1 aliphatic heterocycles. The molecule has 0 aromatic heterocycles. The number of likely N-dealkylation sites (tertiary alicyclic amines) is 1. The van der Waals surface area contributed by atoms with Crippen LogP contribution in [0.1, 0.15) is 29.6 Å². The van der Waals surface area contributed by atoms with Crippen molar-refractivity contribution >= 4 is 17.5 Å². The van der Waals surface area contributed by atoms with Gasteiger partial charge in [-0.15, -0.1) is 0 Å². The molecule has 1 atom stereocenters. The molecule has 1 saturated heterocycles. The van der Waals surface area contributed by atoms with Gasteiger partial charge in [-0.2, -0.15) is 0 Å². The van der Waals surface area contributed by atoms with Crippen molar-refractivity contribution in [2.24, 2.45) is 0 Å². The Hall–Kier alpha value is -1.26. The number of phenolic OH excluding ortho intramolecular Hbond substituents is 1. The number of hydrogen-bond donors (Lipinski definition) is 2. The molecule has 0 bridgehead atoms. The monoisotopic (exact) mass is 269 g/mol. The molecule has 98 valence electrons. The van der Waals surface area contributed by atoms with Crippen molar-refractivity contribution in [3.8, 4) is 5.75 Å². The van der Waals surface area contributed by atoms with E-state index >= 15 is 0 Å². The normalized spacial score (nSPS) is 19.9. The van der Waals surface area contributed by atoms with Gasteiger partial charge in [0.2, 0.25) is 0 Å². The van der Waals surface area contributed by atoms with E-state index in [0.29, 0.717) is 11.6 Å². The summed E-state index contributed by atoms with van der Waals surface area (Å²) in [5, 5.41) is 19.4. The fourth-order valence-corrected chi connectivity index (χ4v) is 2.46. The quantitative estimate of drug-likeness (QED) is 0.864. The molecule has 1 unspecified atom stereocenters. The van der Waals surface area contributed by atoms with E-state index in [4.69, 9.17) is 11.6 Å². The molecule has 0 spiro atoms. The maximum atomic E-state index is 12.3. The number of benzene rings is 1. The first-order valence-corrected chi connectivity index (χ1v) is 6.41. The number of rotatable bonds is 2. The van der Waals surface area contributed by atoms with Crippen LogP contribution in [0.15, 0.2) is 18.2 Å². The molecule has 18 heavy (non-hydrogen) atoms. The van der Waals surface area contributed by atoms with Crippen molar-refractivity contribution in [1.82, 2.24) is 4.90 Å². The lowest BCUT2D eigenvalue weighted by Gasteiger charge is -2.34. The Kier molecular flexibility index (Phi) is 4.09. The zero-order chi connectivity index (χ0) is 13.1. The van der Waals surface area contributed by atoms with Gasteiger partial charge in [0.05, 0.1) is 18.2 Å². The zero-order valence-corrected chi connectivity index (χ0v) is 10.7. The number of halogens is 1. The van der Waals surface area contributed by atoms with E-state index in [-0.39, 0.29) is 29.9 Å². The lowest BCUT2D eigenvalue weighted by molar-refractivity contribution is 0.0500. The maximum Gasteiger partial charge on any atom is 0.257 e. The third-order valence-electron chi connectivity index (χ3n) is 3.29. The predicted octanol–water partition coefficient (Wildman–Crippen LogP) is 2.03. The molecule has 0 aliphatic carbocycles. The number of amides is 1. The van der Waals surface area contributed by atoms with Gasteiger partial charge in [-0.25, -0.2) is 0 Å². The average Bonchev–Trinajstić information content (AvgIpc) is 2.38.